The lowest BCUT2D eigenvalue weighted by Crippen LogP contribution is -2.54. The molecule has 0 aliphatic carbocycles. The van der Waals surface area contributed by atoms with Gasteiger partial charge in [-0.1, -0.05) is 63.2 Å². The van der Waals surface area contributed by atoms with Crippen molar-refractivity contribution in [2.45, 2.75) is 45.7 Å². The van der Waals surface area contributed by atoms with E-state index in [2.05, 4.69) is 93.1 Å². The fourth-order valence-corrected chi connectivity index (χ4v) is 5.42. The molecule has 0 bridgehead atoms. The van der Waals surface area contributed by atoms with Crippen molar-refractivity contribution in [3.63, 3.8) is 0 Å². The van der Waals surface area contributed by atoms with E-state index in [-0.39, 0.29) is 11.6 Å². The van der Waals surface area contributed by atoms with Crippen LogP contribution in [-0.2, 0) is 5.41 Å². The molecule has 0 saturated carbocycles. The summed E-state index contributed by atoms with van der Waals surface area (Å²) in [5.74, 6) is 2.30. The van der Waals surface area contributed by atoms with Crippen molar-refractivity contribution in [2.24, 2.45) is 5.92 Å². The molecule has 148 valence electrons. The van der Waals surface area contributed by atoms with Crippen LogP contribution in [0.5, 0.6) is 0 Å². The number of rotatable bonds is 2. The largest absolute Gasteiger partial charge is 0.349 e. The van der Waals surface area contributed by atoms with Crippen LogP contribution in [0, 0.1) is 12.8 Å². The molecule has 2 aromatic carbocycles. The molecule has 0 amide bonds. The van der Waals surface area contributed by atoms with E-state index in [4.69, 9.17) is 9.97 Å². The molecule has 29 heavy (non-hydrogen) atoms. The van der Waals surface area contributed by atoms with E-state index in [1.54, 1.807) is 0 Å². The molecule has 3 heterocycles. The molecule has 0 saturated heterocycles. The van der Waals surface area contributed by atoms with Gasteiger partial charge in [0.2, 0.25) is 0 Å². The van der Waals surface area contributed by atoms with Crippen molar-refractivity contribution in [1.82, 2.24) is 9.97 Å². The van der Waals surface area contributed by atoms with E-state index in [0.29, 0.717) is 5.92 Å². The maximum absolute atomic E-state index is 5.11. The van der Waals surface area contributed by atoms with Crippen LogP contribution in [0.3, 0.4) is 0 Å². The van der Waals surface area contributed by atoms with E-state index in [0.717, 1.165) is 29.3 Å². The van der Waals surface area contributed by atoms with Gasteiger partial charge in [-0.05, 0) is 36.0 Å². The molecule has 3 aromatic rings. The summed E-state index contributed by atoms with van der Waals surface area (Å²) in [7, 11) is 2.19. The molecule has 1 aromatic heterocycles. The number of fused-ring (bicyclic) bond motifs is 5. The Labute approximate surface area is 173 Å². The second-order valence-corrected chi connectivity index (χ2v) is 8.87. The van der Waals surface area contributed by atoms with Crippen molar-refractivity contribution in [3.8, 4) is 11.4 Å². The minimum atomic E-state index is 0.0924. The lowest BCUT2D eigenvalue weighted by atomic mass is 9.67. The summed E-state index contributed by atoms with van der Waals surface area (Å²) in [5, 5.41) is 0. The van der Waals surface area contributed by atoms with E-state index in [1.807, 2.05) is 6.20 Å². The molecule has 2 atom stereocenters. The van der Waals surface area contributed by atoms with Gasteiger partial charge >= 0.3 is 0 Å². The molecule has 5 rings (SSSR count). The Balaban J connectivity index is 1.74. The second-order valence-electron chi connectivity index (χ2n) is 8.87. The Hall–Kier alpha value is -2.88. The first-order valence-corrected chi connectivity index (χ1v) is 10.5. The zero-order valence-electron chi connectivity index (χ0n) is 17.8. The topological polar surface area (TPSA) is 32.3 Å². The van der Waals surface area contributed by atoms with Gasteiger partial charge in [-0.3, -0.25) is 0 Å². The number of hydrogen-bond donors (Lipinski definition) is 0. The van der Waals surface area contributed by atoms with Crippen LogP contribution < -0.4 is 9.80 Å². The maximum Gasteiger partial charge on any atom is 0.162 e. The van der Waals surface area contributed by atoms with Gasteiger partial charge in [-0.2, -0.15) is 0 Å². The number of aryl methyl sites for hydroxylation is 1. The quantitative estimate of drug-likeness (QED) is 0.569. The molecular weight excluding hydrogens is 356 g/mol. The van der Waals surface area contributed by atoms with Gasteiger partial charge in [0, 0.05) is 24.2 Å². The van der Waals surface area contributed by atoms with Crippen LogP contribution in [0.2, 0.25) is 0 Å². The van der Waals surface area contributed by atoms with Crippen LogP contribution in [0.1, 0.15) is 38.3 Å². The number of hydrogen-bond acceptors (Lipinski definition) is 4. The number of anilines is 3. The van der Waals surface area contributed by atoms with Crippen LogP contribution in [0.25, 0.3) is 11.4 Å². The molecule has 2 aliphatic rings. The van der Waals surface area contributed by atoms with E-state index >= 15 is 0 Å². The highest BCUT2D eigenvalue weighted by atomic mass is 15.4. The Kier molecular flexibility index (Phi) is 3.95. The van der Waals surface area contributed by atoms with Gasteiger partial charge in [0.15, 0.2) is 11.6 Å². The molecule has 4 nitrogen and oxygen atoms in total. The fraction of sp³-hybridized carbons (Fsp3) is 0.360. The minimum Gasteiger partial charge on any atom is -0.349 e. The summed E-state index contributed by atoms with van der Waals surface area (Å²) in [6.07, 6.45) is 3.37. The Bertz CT molecular complexity index is 1090. The van der Waals surface area contributed by atoms with Crippen LogP contribution in [0.15, 0.2) is 54.7 Å². The third-order valence-electron chi connectivity index (χ3n) is 6.99. The van der Waals surface area contributed by atoms with Gasteiger partial charge in [0.25, 0.3) is 0 Å². The molecule has 0 N–H and O–H groups in total. The summed E-state index contributed by atoms with van der Waals surface area (Å²) < 4.78 is 0. The number of para-hydroxylation sites is 1. The molecule has 2 unspecified atom stereocenters. The van der Waals surface area contributed by atoms with Gasteiger partial charge < -0.3 is 9.80 Å². The van der Waals surface area contributed by atoms with Gasteiger partial charge in [0.05, 0.1) is 6.20 Å². The molecule has 4 heteroatoms. The minimum absolute atomic E-state index is 0.0924. The molecule has 0 fully saturated rings. The monoisotopic (exact) mass is 384 g/mol. The van der Waals surface area contributed by atoms with Crippen LogP contribution in [-0.4, -0.2) is 23.2 Å². The van der Waals surface area contributed by atoms with Crippen molar-refractivity contribution < 1.29 is 0 Å². The first-order chi connectivity index (χ1) is 13.9. The van der Waals surface area contributed by atoms with E-state index < -0.39 is 0 Å². The summed E-state index contributed by atoms with van der Waals surface area (Å²) in [6, 6.07) is 17.2. The first kappa shape index (κ1) is 18.2. The van der Waals surface area contributed by atoms with Crippen LogP contribution >= 0.6 is 0 Å². The highest BCUT2D eigenvalue weighted by Gasteiger charge is 2.51. The zero-order chi connectivity index (χ0) is 20.3. The number of aromatic nitrogens is 2. The summed E-state index contributed by atoms with van der Waals surface area (Å²) in [4.78, 5) is 14.7. The Morgan fingerprint density at radius 1 is 1.00 bits per heavy atom. The van der Waals surface area contributed by atoms with Gasteiger partial charge in [-0.15, -0.1) is 0 Å². The Morgan fingerprint density at radius 2 is 1.72 bits per heavy atom. The van der Waals surface area contributed by atoms with Crippen LogP contribution in [0.4, 0.5) is 17.2 Å². The zero-order valence-corrected chi connectivity index (χ0v) is 17.8. The normalized spacial score (nSPS) is 21.6. The van der Waals surface area contributed by atoms with E-state index in [1.165, 1.54) is 16.8 Å². The number of nitrogens with zero attached hydrogens (tertiary/aromatic N) is 4. The van der Waals surface area contributed by atoms with Crippen molar-refractivity contribution in [3.05, 3.63) is 65.9 Å². The SMILES string of the molecule is CCC1C2N(C)c3cnc(-c4ccccc4C)nc3N2c2ccccc2C1(C)C. The van der Waals surface area contributed by atoms with Crippen molar-refractivity contribution in [2.75, 3.05) is 16.8 Å². The highest BCUT2D eigenvalue weighted by molar-refractivity contribution is 5.84. The lowest BCUT2D eigenvalue weighted by Gasteiger charge is -2.50. The molecule has 0 spiro atoms. The standard InChI is InChI=1S/C25H28N4/c1-6-18-24-28(5)21-15-26-22(17-12-8-7-11-16(17)2)27-23(21)29(24)20-14-10-9-13-19(20)25(18,3)4/h7-15,18,24H,6H2,1-5H3. The first-order valence-electron chi connectivity index (χ1n) is 10.5. The summed E-state index contributed by atoms with van der Waals surface area (Å²) in [6.45, 7) is 9.20. The predicted octanol–water partition coefficient (Wildman–Crippen LogP) is 5.68. The third-order valence-corrected chi connectivity index (χ3v) is 6.99. The number of benzene rings is 2. The maximum atomic E-state index is 5.11. The predicted molar refractivity (Wildman–Crippen MR) is 120 cm³/mol. The smallest absolute Gasteiger partial charge is 0.162 e. The fourth-order valence-electron chi connectivity index (χ4n) is 5.42. The lowest BCUT2D eigenvalue weighted by molar-refractivity contribution is 0.245. The summed E-state index contributed by atoms with van der Waals surface area (Å²) >= 11 is 0. The highest BCUT2D eigenvalue weighted by Crippen LogP contribution is 2.55. The molecule has 0 radical (unpaired) electrons. The Morgan fingerprint density at radius 3 is 2.48 bits per heavy atom. The molecular formula is C25H28N4. The van der Waals surface area contributed by atoms with Crippen molar-refractivity contribution in [1.29, 1.82) is 0 Å². The summed E-state index contributed by atoms with van der Waals surface area (Å²) in [5.41, 5.74) is 6.17. The third kappa shape index (κ3) is 2.44. The van der Waals surface area contributed by atoms with Gasteiger partial charge in [0.1, 0.15) is 11.9 Å². The average molecular weight is 385 g/mol. The van der Waals surface area contributed by atoms with Crippen molar-refractivity contribution >= 4 is 17.2 Å². The average Bonchev–Trinajstić information content (AvgIpc) is 3.00. The van der Waals surface area contributed by atoms with Gasteiger partial charge in [-0.25, -0.2) is 9.97 Å². The van der Waals surface area contributed by atoms with E-state index in [9.17, 15) is 0 Å². The molecule has 2 aliphatic heterocycles. The second kappa shape index (κ2) is 6.31.